The molecule has 2 heterocycles. The number of nitrogens with one attached hydrogen (secondary N) is 2. The first-order valence-electron chi connectivity index (χ1n) is 8.92. The molecule has 0 bridgehead atoms. The second-order valence-electron chi connectivity index (χ2n) is 7.31. The first kappa shape index (κ1) is 17.0. The molecule has 2 aliphatic rings. The molecule has 2 N–H and O–H groups in total. The van der Waals surface area contributed by atoms with Crippen molar-refractivity contribution in [3.05, 3.63) is 35.4 Å². The van der Waals surface area contributed by atoms with E-state index in [1.165, 1.54) is 5.56 Å². The van der Waals surface area contributed by atoms with E-state index in [-0.39, 0.29) is 23.8 Å². The van der Waals surface area contributed by atoms with Crippen molar-refractivity contribution in [2.75, 3.05) is 13.1 Å². The van der Waals surface area contributed by atoms with Gasteiger partial charge in [0, 0.05) is 32.0 Å². The second kappa shape index (κ2) is 7.34. The Morgan fingerprint density at radius 1 is 1.29 bits per heavy atom. The molecule has 3 rings (SSSR count). The van der Waals surface area contributed by atoms with Gasteiger partial charge in [-0.2, -0.15) is 0 Å². The Morgan fingerprint density at radius 2 is 2.04 bits per heavy atom. The Kier molecular flexibility index (Phi) is 5.19. The molecular weight excluding hydrogens is 302 g/mol. The van der Waals surface area contributed by atoms with Crippen molar-refractivity contribution in [1.29, 1.82) is 0 Å². The molecule has 1 fully saturated rings. The lowest BCUT2D eigenvalue weighted by Gasteiger charge is -2.37. The highest BCUT2D eigenvalue weighted by atomic mass is 16.2. The van der Waals surface area contributed by atoms with E-state index in [1.54, 1.807) is 4.90 Å². The van der Waals surface area contributed by atoms with Crippen LogP contribution in [0, 0.1) is 5.92 Å². The van der Waals surface area contributed by atoms with Gasteiger partial charge >= 0.3 is 0 Å². The maximum absolute atomic E-state index is 12.8. The van der Waals surface area contributed by atoms with Crippen LogP contribution in [0.4, 0.5) is 0 Å². The molecule has 5 nitrogen and oxygen atoms in total. The number of hydrogen-bond acceptors (Lipinski definition) is 3. The highest BCUT2D eigenvalue weighted by Gasteiger charge is 2.35. The van der Waals surface area contributed by atoms with Gasteiger partial charge in [0.25, 0.3) is 0 Å². The SMILES string of the molecule is CC(C)CC(=O)N1Cc2ccccc2CC1C(=O)NC1CCNC1. The van der Waals surface area contributed by atoms with Crippen molar-refractivity contribution in [1.82, 2.24) is 15.5 Å². The molecule has 130 valence electrons. The third-order valence-electron chi connectivity index (χ3n) is 4.86. The molecule has 0 radical (unpaired) electrons. The lowest BCUT2D eigenvalue weighted by molar-refractivity contribution is -0.142. The standard InChI is InChI=1S/C19H27N3O2/c1-13(2)9-18(23)22-12-15-6-4-3-5-14(15)10-17(22)19(24)21-16-7-8-20-11-16/h3-6,13,16-17,20H,7-12H2,1-2H3,(H,21,24). The maximum Gasteiger partial charge on any atom is 0.243 e. The van der Waals surface area contributed by atoms with E-state index < -0.39 is 6.04 Å². The molecule has 0 aromatic heterocycles. The maximum atomic E-state index is 12.8. The minimum atomic E-state index is -0.397. The summed E-state index contributed by atoms with van der Waals surface area (Å²) in [5.74, 6) is 0.344. The Labute approximate surface area is 143 Å². The van der Waals surface area contributed by atoms with Crippen LogP contribution in [-0.2, 0) is 22.6 Å². The summed E-state index contributed by atoms with van der Waals surface area (Å²) >= 11 is 0. The highest BCUT2D eigenvalue weighted by molar-refractivity contribution is 5.88. The van der Waals surface area contributed by atoms with Gasteiger partial charge in [0.15, 0.2) is 0 Å². The predicted octanol–water partition coefficient (Wildman–Crippen LogP) is 1.46. The van der Waals surface area contributed by atoms with Crippen LogP contribution in [0.5, 0.6) is 0 Å². The zero-order chi connectivity index (χ0) is 17.1. The van der Waals surface area contributed by atoms with Crippen molar-refractivity contribution in [2.45, 2.75) is 51.7 Å². The van der Waals surface area contributed by atoms with E-state index in [1.807, 2.05) is 26.0 Å². The monoisotopic (exact) mass is 329 g/mol. The fourth-order valence-electron chi connectivity index (χ4n) is 3.56. The van der Waals surface area contributed by atoms with Crippen molar-refractivity contribution in [3.8, 4) is 0 Å². The third kappa shape index (κ3) is 3.78. The summed E-state index contributed by atoms with van der Waals surface area (Å²) in [5, 5.41) is 6.38. The van der Waals surface area contributed by atoms with Crippen LogP contribution >= 0.6 is 0 Å². The number of fused-ring (bicyclic) bond motifs is 1. The molecule has 2 unspecified atom stereocenters. The number of nitrogens with zero attached hydrogens (tertiary/aromatic N) is 1. The Hall–Kier alpha value is -1.88. The molecule has 2 aliphatic heterocycles. The molecule has 0 saturated carbocycles. The largest absolute Gasteiger partial charge is 0.350 e. The third-order valence-corrected chi connectivity index (χ3v) is 4.86. The van der Waals surface area contributed by atoms with Crippen molar-refractivity contribution < 1.29 is 9.59 Å². The van der Waals surface area contributed by atoms with Crippen LogP contribution in [-0.4, -0.2) is 41.9 Å². The highest BCUT2D eigenvalue weighted by Crippen LogP contribution is 2.25. The molecule has 0 aliphatic carbocycles. The summed E-state index contributed by atoms with van der Waals surface area (Å²) in [6, 6.07) is 7.90. The van der Waals surface area contributed by atoms with Crippen LogP contribution in [0.15, 0.2) is 24.3 Å². The van der Waals surface area contributed by atoms with Crippen LogP contribution in [0.1, 0.15) is 37.8 Å². The minimum absolute atomic E-state index is 0.0182. The normalized spacial score (nSPS) is 23.2. The quantitative estimate of drug-likeness (QED) is 0.879. The van der Waals surface area contributed by atoms with E-state index >= 15 is 0 Å². The molecule has 0 spiro atoms. The average Bonchev–Trinajstić information content (AvgIpc) is 3.05. The average molecular weight is 329 g/mol. The van der Waals surface area contributed by atoms with Crippen LogP contribution in [0.3, 0.4) is 0 Å². The fourth-order valence-corrected chi connectivity index (χ4v) is 3.56. The number of amides is 2. The van der Waals surface area contributed by atoms with E-state index in [4.69, 9.17) is 0 Å². The number of carbonyl (C=O) groups excluding carboxylic acids is 2. The van der Waals surface area contributed by atoms with Gasteiger partial charge in [-0.25, -0.2) is 0 Å². The van der Waals surface area contributed by atoms with Crippen molar-refractivity contribution >= 4 is 11.8 Å². The summed E-state index contributed by atoms with van der Waals surface area (Å²) in [6.45, 7) is 6.36. The van der Waals surface area contributed by atoms with Crippen LogP contribution in [0.25, 0.3) is 0 Å². The molecule has 1 saturated heterocycles. The summed E-state index contributed by atoms with van der Waals surface area (Å²) in [7, 11) is 0. The van der Waals surface area contributed by atoms with E-state index in [0.717, 1.165) is 25.1 Å². The molecular formula is C19H27N3O2. The molecule has 1 aromatic carbocycles. The lowest BCUT2D eigenvalue weighted by Crippen LogP contribution is -2.54. The molecule has 2 amide bonds. The first-order valence-corrected chi connectivity index (χ1v) is 8.92. The molecule has 5 heteroatoms. The van der Waals surface area contributed by atoms with Crippen molar-refractivity contribution in [2.24, 2.45) is 5.92 Å². The second-order valence-corrected chi connectivity index (χ2v) is 7.31. The Morgan fingerprint density at radius 3 is 2.71 bits per heavy atom. The van der Waals surface area contributed by atoms with E-state index in [0.29, 0.717) is 19.4 Å². The Bertz CT molecular complexity index is 608. The number of hydrogen-bond donors (Lipinski definition) is 2. The lowest BCUT2D eigenvalue weighted by atomic mass is 9.92. The first-order chi connectivity index (χ1) is 11.5. The fraction of sp³-hybridized carbons (Fsp3) is 0.579. The molecule has 1 aromatic rings. The van der Waals surface area contributed by atoms with E-state index in [9.17, 15) is 9.59 Å². The Balaban J connectivity index is 1.79. The predicted molar refractivity (Wildman–Crippen MR) is 93.4 cm³/mol. The van der Waals surface area contributed by atoms with Gasteiger partial charge in [-0.3, -0.25) is 9.59 Å². The summed E-state index contributed by atoms with van der Waals surface area (Å²) in [6.07, 6.45) is 2.04. The van der Waals surface area contributed by atoms with Gasteiger partial charge in [-0.1, -0.05) is 38.1 Å². The van der Waals surface area contributed by atoms with E-state index in [2.05, 4.69) is 22.8 Å². The number of rotatable bonds is 4. The number of carbonyl (C=O) groups is 2. The minimum Gasteiger partial charge on any atom is -0.350 e. The molecule has 24 heavy (non-hydrogen) atoms. The van der Waals surface area contributed by atoms with Gasteiger partial charge in [-0.05, 0) is 30.0 Å². The van der Waals surface area contributed by atoms with Gasteiger partial charge in [0.2, 0.25) is 11.8 Å². The number of benzene rings is 1. The van der Waals surface area contributed by atoms with Gasteiger partial charge in [-0.15, -0.1) is 0 Å². The van der Waals surface area contributed by atoms with Gasteiger partial charge in [0.05, 0.1) is 0 Å². The molecule has 2 atom stereocenters. The van der Waals surface area contributed by atoms with Gasteiger partial charge in [0.1, 0.15) is 6.04 Å². The zero-order valence-electron chi connectivity index (χ0n) is 14.5. The topological polar surface area (TPSA) is 61.4 Å². The zero-order valence-corrected chi connectivity index (χ0v) is 14.5. The van der Waals surface area contributed by atoms with Gasteiger partial charge < -0.3 is 15.5 Å². The van der Waals surface area contributed by atoms with Crippen molar-refractivity contribution in [3.63, 3.8) is 0 Å². The smallest absolute Gasteiger partial charge is 0.243 e. The summed E-state index contributed by atoms with van der Waals surface area (Å²) in [5.41, 5.74) is 2.33. The summed E-state index contributed by atoms with van der Waals surface area (Å²) < 4.78 is 0. The van der Waals surface area contributed by atoms with Crippen LogP contribution in [0.2, 0.25) is 0 Å². The summed E-state index contributed by atoms with van der Waals surface area (Å²) in [4.78, 5) is 27.3. The van der Waals surface area contributed by atoms with Crippen LogP contribution < -0.4 is 10.6 Å².